The zero-order chi connectivity index (χ0) is 17.1. The zero-order valence-corrected chi connectivity index (χ0v) is 15.5. The van der Waals surface area contributed by atoms with E-state index >= 15 is 0 Å². The van der Waals surface area contributed by atoms with Crippen molar-refractivity contribution in [3.63, 3.8) is 0 Å². The highest BCUT2D eigenvalue weighted by Crippen LogP contribution is 2.65. The lowest BCUT2D eigenvalue weighted by Gasteiger charge is -2.59. The number of ketones is 1. The second-order valence-corrected chi connectivity index (χ2v) is 9.70. The van der Waals surface area contributed by atoms with E-state index in [0.717, 1.165) is 31.6 Å². The maximum Gasteiger partial charge on any atom is 0.302 e. The molecule has 0 saturated heterocycles. The number of Topliss-reactive ketones (excluding diaryl/α,β-unsaturated/α-hetero) is 1. The third-order valence-corrected chi connectivity index (χ3v) is 8.52. The highest BCUT2D eigenvalue weighted by atomic mass is 16.5. The Kier molecular flexibility index (Phi) is 3.85. The van der Waals surface area contributed by atoms with Crippen LogP contribution in [0.25, 0.3) is 0 Å². The molecule has 0 aromatic heterocycles. The lowest BCUT2D eigenvalue weighted by molar-refractivity contribution is -0.167. The van der Waals surface area contributed by atoms with Crippen LogP contribution in [0.2, 0.25) is 0 Å². The molecule has 0 radical (unpaired) electrons. The average molecular weight is 332 g/mol. The molecule has 24 heavy (non-hydrogen) atoms. The summed E-state index contributed by atoms with van der Waals surface area (Å²) in [4.78, 5) is 24.4. The van der Waals surface area contributed by atoms with Crippen molar-refractivity contribution < 1.29 is 14.3 Å². The quantitative estimate of drug-likeness (QED) is 0.663. The first-order valence-corrected chi connectivity index (χ1v) is 10.0. The first-order chi connectivity index (χ1) is 11.3. The zero-order valence-electron chi connectivity index (χ0n) is 15.5. The largest absolute Gasteiger partial charge is 0.463 e. The summed E-state index contributed by atoms with van der Waals surface area (Å²) < 4.78 is 5.46. The maximum atomic E-state index is 13.1. The Balaban J connectivity index is 1.59. The summed E-state index contributed by atoms with van der Waals surface area (Å²) in [6.07, 6.45) is 10.2. The molecule has 7 atom stereocenters. The monoisotopic (exact) mass is 332 g/mol. The predicted octanol–water partition coefficient (Wildman–Crippen LogP) is 4.53. The summed E-state index contributed by atoms with van der Waals surface area (Å²) in [7, 11) is 0. The molecule has 4 aliphatic carbocycles. The van der Waals surface area contributed by atoms with Gasteiger partial charge in [-0.05, 0) is 73.5 Å². The van der Waals surface area contributed by atoms with E-state index < -0.39 is 0 Å². The summed E-state index contributed by atoms with van der Waals surface area (Å²) >= 11 is 0. The van der Waals surface area contributed by atoms with Gasteiger partial charge in [-0.3, -0.25) is 9.59 Å². The summed E-state index contributed by atoms with van der Waals surface area (Å²) in [6, 6.07) is 0. The average Bonchev–Trinajstić information content (AvgIpc) is 2.90. The van der Waals surface area contributed by atoms with Gasteiger partial charge in [0.2, 0.25) is 0 Å². The van der Waals surface area contributed by atoms with Crippen LogP contribution >= 0.6 is 0 Å². The summed E-state index contributed by atoms with van der Waals surface area (Å²) in [5.74, 6) is 2.46. The van der Waals surface area contributed by atoms with Crippen molar-refractivity contribution in [2.75, 3.05) is 0 Å². The third-order valence-electron chi connectivity index (χ3n) is 8.52. The fraction of sp³-hybridized carbons (Fsp3) is 0.905. The van der Waals surface area contributed by atoms with Crippen LogP contribution < -0.4 is 0 Å². The molecule has 3 nitrogen and oxygen atoms in total. The predicted molar refractivity (Wildman–Crippen MR) is 92.3 cm³/mol. The van der Waals surface area contributed by atoms with E-state index in [1.165, 1.54) is 39.0 Å². The second kappa shape index (κ2) is 5.57. The molecule has 0 aromatic carbocycles. The van der Waals surface area contributed by atoms with E-state index in [1.807, 2.05) is 0 Å². The summed E-state index contributed by atoms with van der Waals surface area (Å²) in [5, 5.41) is 0. The third kappa shape index (κ3) is 2.37. The van der Waals surface area contributed by atoms with Gasteiger partial charge in [-0.2, -0.15) is 0 Å². The standard InChI is InChI=1S/C21H32O3/c1-13(22)24-14-6-10-21(3)17-7-9-20(2)8-4-5-16(20)15(17)12-19(23)18(21)11-14/h14-18H,4-12H2,1-3H3/t14-,15+,16-,17-,18-,20+,21-/m1/s1. The number of ether oxygens (including phenoxy) is 1. The van der Waals surface area contributed by atoms with Crippen LogP contribution in [0.15, 0.2) is 0 Å². The van der Waals surface area contributed by atoms with Crippen molar-refractivity contribution >= 4 is 11.8 Å². The minimum absolute atomic E-state index is 0.0404. The van der Waals surface area contributed by atoms with Crippen molar-refractivity contribution in [3.8, 4) is 0 Å². The summed E-state index contributed by atoms with van der Waals surface area (Å²) in [6.45, 7) is 6.35. The van der Waals surface area contributed by atoms with E-state index in [-0.39, 0.29) is 23.4 Å². The molecular weight excluding hydrogens is 300 g/mol. The number of carbonyl (C=O) groups is 2. The molecule has 4 aliphatic rings. The van der Waals surface area contributed by atoms with Gasteiger partial charge in [0.1, 0.15) is 11.9 Å². The molecule has 4 rings (SSSR count). The molecular formula is C21H32O3. The number of fused-ring (bicyclic) bond motifs is 5. The molecule has 0 unspecified atom stereocenters. The number of hydrogen-bond donors (Lipinski definition) is 0. The molecule has 0 aliphatic heterocycles. The minimum Gasteiger partial charge on any atom is -0.463 e. The number of carbonyl (C=O) groups excluding carboxylic acids is 2. The van der Waals surface area contributed by atoms with Crippen LogP contribution in [-0.2, 0) is 14.3 Å². The van der Waals surface area contributed by atoms with E-state index in [1.54, 1.807) is 0 Å². The SMILES string of the molecule is CC(=O)O[C@@H]1CC[C@@]2(C)[C@H](C1)C(=O)C[C@H]1[C@H]3CCC[C@@]3(C)CC[C@H]12. The van der Waals surface area contributed by atoms with Crippen molar-refractivity contribution in [1.29, 1.82) is 0 Å². The van der Waals surface area contributed by atoms with Crippen molar-refractivity contribution in [1.82, 2.24) is 0 Å². The van der Waals surface area contributed by atoms with Gasteiger partial charge < -0.3 is 4.74 Å². The molecule has 0 N–H and O–H groups in total. The van der Waals surface area contributed by atoms with E-state index in [9.17, 15) is 9.59 Å². The molecule has 4 fully saturated rings. The van der Waals surface area contributed by atoms with Gasteiger partial charge in [-0.15, -0.1) is 0 Å². The van der Waals surface area contributed by atoms with Crippen LogP contribution in [0.5, 0.6) is 0 Å². The molecule has 4 saturated carbocycles. The van der Waals surface area contributed by atoms with Gasteiger partial charge in [-0.1, -0.05) is 20.3 Å². The van der Waals surface area contributed by atoms with Crippen molar-refractivity contribution in [2.24, 2.45) is 34.5 Å². The lowest BCUT2D eigenvalue weighted by atomic mass is 9.45. The van der Waals surface area contributed by atoms with Crippen molar-refractivity contribution in [2.45, 2.75) is 84.7 Å². The Morgan fingerprint density at radius 2 is 1.88 bits per heavy atom. The fourth-order valence-electron chi connectivity index (χ4n) is 7.34. The van der Waals surface area contributed by atoms with Crippen LogP contribution in [0.4, 0.5) is 0 Å². The van der Waals surface area contributed by atoms with Gasteiger partial charge in [0.25, 0.3) is 0 Å². The number of rotatable bonds is 1. The smallest absolute Gasteiger partial charge is 0.302 e. The Hall–Kier alpha value is -0.860. The van der Waals surface area contributed by atoms with Crippen LogP contribution in [-0.4, -0.2) is 17.9 Å². The van der Waals surface area contributed by atoms with E-state index in [2.05, 4.69) is 13.8 Å². The molecule has 134 valence electrons. The van der Waals surface area contributed by atoms with Crippen LogP contribution in [0.3, 0.4) is 0 Å². The first-order valence-electron chi connectivity index (χ1n) is 10.0. The Morgan fingerprint density at radius 3 is 2.62 bits per heavy atom. The number of hydrogen-bond acceptors (Lipinski definition) is 3. The van der Waals surface area contributed by atoms with Gasteiger partial charge in [-0.25, -0.2) is 0 Å². The summed E-state index contributed by atoms with van der Waals surface area (Å²) in [5.41, 5.74) is 0.639. The second-order valence-electron chi connectivity index (χ2n) is 9.70. The topological polar surface area (TPSA) is 43.4 Å². The maximum absolute atomic E-state index is 13.1. The molecule has 0 spiro atoms. The fourth-order valence-corrected chi connectivity index (χ4v) is 7.34. The van der Waals surface area contributed by atoms with Crippen molar-refractivity contribution in [3.05, 3.63) is 0 Å². The van der Waals surface area contributed by atoms with Gasteiger partial charge in [0.05, 0.1) is 0 Å². The van der Waals surface area contributed by atoms with Crippen LogP contribution in [0, 0.1) is 34.5 Å². The number of esters is 1. The van der Waals surface area contributed by atoms with Gasteiger partial charge >= 0.3 is 5.97 Å². The highest BCUT2D eigenvalue weighted by molar-refractivity contribution is 5.83. The Morgan fingerprint density at radius 1 is 1.08 bits per heavy atom. The van der Waals surface area contributed by atoms with Gasteiger partial charge in [0, 0.05) is 19.3 Å². The highest BCUT2D eigenvalue weighted by Gasteiger charge is 2.60. The lowest BCUT2D eigenvalue weighted by Crippen LogP contribution is -2.56. The molecule has 0 heterocycles. The Labute approximate surface area is 145 Å². The van der Waals surface area contributed by atoms with Gasteiger partial charge in [0.15, 0.2) is 0 Å². The Bertz CT molecular complexity index is 555. The minimum atomic E-state index is -0.205. The van der Waals surface area contributed by atoms with E-state index in [0.29, 0.717) is 23.0 Å². The molecule has 0 aromatic rings. The molecule has 0 bridgehead atoms. The molecule has 3 heteroatoms. The van der Waals surface area contributed by atoms with Crippen LogP contribution in [0.1, 0.15) is 78.6 Å². The first kappa shape index (κ1) is 16.6. The molecule has 0 amide bonds. The van der Waals surface area contributed by atoms with E-state index in [4.69, 9.17) is 4.74 Å². The normalized spacial score (nSPS) is 50.6.